The fourth-order valence-electron chi connectivity index (χ4n) is 3.76. The lowest BCUT2D eigenvalue weighted by molar-refractivity contribution is -0.133. The van der Waals surface area contributed by atoms with Crippen molar-refractivity contribution in [2.24, 2.45) is 0 Å². The first-order chi connectivity index (χ1) is 14.5. The van der Waals surface area contributed by atoms with E-state index in [1.165, 1.54) is 0 Å². The minimum atomic E-state index is -0.312. The Balaban J connectivity index is 2.19. The van der Waals surface area contributed by atoms with E-state index in [1.807, 2.05) is 61.2 Å². The van der Waals surface area contributed by atoms with Crippen molar-refractivity contribution in [1.82, 2.24) is 14.5 Å². The number of aromatic nitrogens is 2. The van der Waals surface area contributed by atoms with Crippen LogP contribution in [0.5, 0.6) is 0 Å². The Hall–Kier alpha value is -2.95. The van der Waals surface area contributed by atoms with Gasteiger partial charge in [-0.3, -0.25) is 14.2 Å². The van der Waals surface area contributed by atoms with Crippen molar-refractivity contribution in [3.05, 3.63) is 70.3 Å². The Morgan fingerprint density at radius 1 is 1.07 bits per heavy atom. The number of aryl methyl sites for hydroxylation is 1. The van der Waals surface area contributed by atoms with Crippen LogP contribution in [0.25, 0.3) is 16.6 Å². The number of carbonyl (C=O) groups is 1. The van der Waals surface area contributed by atoms with Gasteiger partial charge in [0.15, 0.2) is 0 Å². The molecule has 5 nitrogen and oxygen atoms in total. The lowest BCUT2D eigenvalue weighted by atomic mass is 10.1. The molecule has 1 unspecified atom stereocenters. The second kappa shape index (κ2) is 9.70. The summed E-state index contributed by atoms with van der Waals surface area (Å²) in [5.41, 5.74) is 2.44. The molecule has 1 heterocycles. The summed E-state index contributed by atoms with van der Waals surface area (Å²) in [6, 6.07) is 14.9. The van der Waals surface area contributed by atoms with Crippen LogP contribution in [-0.2, 0) is 4.79 Å². The quantitative estimate of drug-likeness (QED) is 0.519. The van der Waals surface area contributed by atoms with Crippen molar-refractivity contribution in [3.8, 4) is 5.69 Å². The van der Waals surface area contributed by atoms with Crippen LogP contribution < -0.4 is 5.56 Å². The summed E-state index contributed by atoms with van der Waals surface area (Å²) in [6.07, 6.45) is 3.21. The molecule has 0 aliphatic heterocycles. The lowest BCUT2D eigenvalue weighted by Gasteiger charge is -2.30. The molecule has 5 heteroatoms. The van der Waals surface area contributed by atoms with Gasteiger partial charge in [-0.05, 0) is 51.0 Å². The van der Waals surface area contributed by atoms with Crippen LogP contribution in [0.2, 0.25) is 0 Å². The molecule has 0 saturated heterocycles. The smallest absolute Gasteiger partial charge is 0.266 e. The first-order valence-electron chi connectivity index (χ1n) is 10.9. The van der Waals surface area contributed by atoms with Crippen LogP contribution in [0.1, 0.15) is 63.9 Å². The first-order valence-corrected chi connectivity index (χ1v) is 10.9. The summed E-state index contributed by atoms with van der Waals surface area (Å²) in [5, 5.41) is 0.577. The lowest BCUT2D eigenvalue weighted by Crippen LogP contribution is -2.37. The fourth-order valence-corrected chi connectivity index (χ4v) is 3.76. The molecule has 2 aromatic carbocycles. The highest BCUT2D eigenvalue weighted by Gasteiger charge is 2.26. The van der Waals surface area contributed by atoms with Crippen molar-refractivity contribution < 1.29 is 4.79 Å². The summed E-state index contributed by atoms with van der Waals surface area (Å²) in [7, 11) is 0. The van der Waals surface area contributed by atoms with Crippen molar-refractivity contribution in [3.63, 3.8) is 0 Å². The SMILES string of the molecule is CCCCC(=O)N(CCC)C(C)c1nc2ccccc2c(=O)n1-c1ccc(C)cc1. The largest absolute Gasteiger partial charge is 0.333 e. The maximum absolute atomic E-state index is 13.5. The van der Waals surface area contributed by atoms with Crippen LogP contribution >= 0.6 is 0 Å². The summed E-state index contributed by atoms with van der Waals surface area (Å²) >= 11 is 0. The number of amides is 1. The molecule has 1 atom stereocenters. The van der Waals surface area contributed by atoms with Gasteiger partial charge in [0, 0.05) is 13.0 Å². The number of hydrogen-bond acceptors (Lipinski definition) is 3. The summed E-state index contributed by atoms with van der Waals surface area (Å²) < 4.78 is 1.67. The Labute approximate surface area is 178 Å². The maximum atomic E-state index is 13.5. The van der Waals surface area contributed by atoms with Crippen LogP contribution in [0.4, 0.5) is 0 Å². The average molecular weight is 406 g/mol. The van der Waals surface area contributed by atoms with Gasteiger partial charge < -0.3 is 4.90 Å². The van der Waals surface area contributed by atoms with E-state index >= 15 is 0 Å². The zero-order valence-corrected chi connectivity index (χ0v) is 18.4. The van der Waals surface area contributed by atoms with Crippen molar-refractivity contribution in [1.29, 1.82) is 0 Å². The number of fused-ring (bicyclic) bond motifs is 1. The molecule has 0 aliphatic rings. The molecule has 0 aliphatic carbocycles. The third-order valence-electron chi connectivity index (χ3n) is 5.46. The van der Waals surface area contributed by atoms with E-state index in [0.29, 0.717) is 29.7 Å². The number of carbonyl (C=O) groups excluding carboxylic acids is 1. The number of para-hydroxylation sites is 1. The predicted molar refractivity (Wildman–Crippen MR) is 122 cm³/mol. The van der Waals surface area contributed by atoms with E-state index < -0.39 is 0 Å². The molecule has 0 N–H and O–H groups in total. The van der Waals surface area contributed by atoms with Crippen LogP contribution in [0, 0.1) is 6.92 Å². The second-order valence-electron chi connectivity index (χ2n) is 7.83. The number of unbranched alkanes of at least 4 members (excludes halogenated alkanes) is 1. The predicted octanol–water partition coefficient (Wildman–Crippen LogP) is 5.18. The van der Waals surface area contributed by atoms with Crippen LogP contribution in [0.3, 0.4) is 0 Å². The van der Waals surface area contributed by atoms with Gasteiger partial charge >= 0.3 is 0 Å². The molecule has 1 aromatic heterocycles. The molecule has 0 radical (unpaired) electrons. The fraction of sp³-hybridized carbons (Fsp3) is 0.400. The van der Waals surface area contributed by atoms with E-state index in [9.17, 15) is 9.59 Å². The molecule has 0 saturated carbocycles. The van der Waals surface area contributed by atoms with Crippen molar-refractivity contribution >= 4 is 16.8 Å². The number of hydrogen-bond donors (Lipinski definition) is 0. The van der Waals surface area contributed by atoms with Gasteiger partial charge in [-0.2, -0.15) is 0 Å². The van der Waals surface area contributed by atoms with Crippen molar-refractivity contribution in [2.45, 2.75) is 59.4 Å². The second-order valence-corrected chi connectivity index (χ2v) is 7.83. The zero-order valence-electron chi connectivity index (χ0n) is 18.4. The molecular weight excluding hydrogens is 374 g/mol. The van der Waals surface area contributed by atoms with Gasteiger partial charge in [-0.1, -0.05) is 50.1 Å². The normalized spacial score (nSPS) is 12.1. The summed E-state index contributed by atoms with van der Waals surface area (Å²) in [5.74, 6) is 0.713. The highest BCUT2D eigenvalue weighted by Crippen LogP contribution is 2.24. The number of benzene rings is 2. The van der Waals surface area contributed by atoms with E-state index in [0.717, 1.165) is 30.5 Å². The van der Waals surface area contributed by atoms with Gasteiger partial charge in [0.2, 0.25) is 5.91 Å². The van der Waals surface area contributed by atoms with E-state index in [1.54, 1.807) is 10.6 Å². The van der Waals surface area contributed by atoms with Gasteiger partial charge in [0.1, 0.15) is 5.82 Å². The molecule has 0 bridgehead atoms. The molecular formula is C25H31N3O2. The van der Waals surface area contributed by atoms with Crippen LogP contribution in [0.15, 0.2) is 53.3 Å². The molecule has 0 fully saturated rings. The number of rotatable bonds is 8. The molecule has 30 heavy (non-hydrogen) atoms. The average Bonchev–Trinajstić information content (AvgIpc) is 2.76. The van der Waals surface area contributed by atoms with Gasteiger partial charge in [0.05, 0.1) is 22.6 Å². The van der Waals surface area contributed by atoms with Gasteiger partial charge in [-0.15, -0.1) is 0 Å². The maximum Gasteiger partial charge on any atom is 0.266 e. The first kappa shape index (κ1) is 21.8. The van der Waals surface area contributed by atoms with E-state index in [-0.39, 0.29) is 17.5 Å². The third-order valence-corrected chi connectivity index (χ3v) is 5.46. The topological polar surface area (TPSA) is 55.2 Å². The minimum absolute atomic E-state index is 0.108. The highest BCUT2D eigenvalue weighted by atomic mass is 16.2. The Kier molecular flexibility index (Phi) is 7.03. The molecule has 0 spiro atoms. The van der Waals surface area contributed by atoms with E-state index in [4.69, 9.17) is 4.98 Å². The third kappa shape index (κ3) is 4.45. The molecule has 158 valence electrons. The van der Waals surface area contributed by atoms with Crippen molar-refractivity contribution in [2.75, 3.05) is 6.54 Å². The molecule has 3 rings (SSSR count). The minimum Gasteiger partial charge on any atom is -0.333 e. The standard InChI is InChI=1S/C25H31N3O2/c1-5-7-12-23(29)27(17-6-2)19(4)24-26-22-11-9-8-10-21(22)25(30)28(24)20-15-13-18(3)14-16-20/h8-11,13-16,19H,5-7,12,17H2,1-4H3. The Morgan fingerprint density at radius 3 is 2.43 bits per heavy atom. The number of nitrogens with zero attached hydrogens (tertiary/aromatic N) is 3. The molecule has 1 amide bonds. The summed E-state index contributed by atoms with van der Waals surface area (Å²) in [4.78, 5) is 33.2. The van der Waals surface area contributed by atoms with E-state index in [2.05, 4.69) is 13.8 Å². The highest BCUT2D eigenvalue weighted by molar-refractivity contribution is 5.79. The molecule has 3 aromatic rings. The van der Waals surface area contributed by atoms with Gasteiger partial charge in [0.25, 0.3) is 5.56 Å². The zero-order chi connectivity index (χ0) is 21.7. The summed E-state index contributed by atoms with van der Waals surface area (Å²) in [6.45, 7) is 8.78. The van der Waals surface area contributed by atoms with Crippen LogP contribution in [-0.4, -0.2) is 26.9 Å². The monoisotopic (exact) mass is 405 g/mol. The Morgan fingerprint density at radius 2 is 1.77 bits per heavy atom. The van der Waals surface area contributed by atoms with Gasteiger partial charge in [-0.25, -0.2) is 4.98 Å². The Bertz CT molecular complexity index is 1070.